The first kappa shape index (κ1) is 23.5. The lowest BCUT2D eigenvalue weighted by Gasteiger charge is -2.13. The molecule has 7 nitrogen and oxygen atoms in total. The molecule has 1 aliphatic rings. The second-order valence-electron chi connectivity index (χ2n) is 8.69. The van der Waals surface area contributed by atoms with Crippen LogP contribution in [0.5, 0.6) is 0 Å². The molecule has 0 atom stereocenters. The van der Waals surface area contributed by atoms with Crippen molar-refractivity contribution >= 4 is 11.6 Å². The van der Waals surface area contributed by atoms with Gasteiger partial charge in [0.15, 0.2) is 5.69 Å². The normalized spacial score (nSPS) is 13.3. The number of imidazole rings is 1. The number of nitrogens with one attached hydrogen (secondary N) is 1. The predicted octanol–water partition coefficient (Wildman–Crippen LogP) is 5.01. The highest BCUT2D eigenvalue weighted by molar-refractivity contribution is 6.03. The average molecular weight is 493 g/mol. The molecule has 0 saturated carbocycles. The smallest absolute Gasteiger partial charge is 0.334 e. The van der Waals surface area contributed by atoms with Crippen LogP contribution < -0.4 is 10.7 Å². The summed E-state index contributed by atoms with van der Waals surface area (Å²) in [5.74, 6) is 0.270. The molecule has 2 aromatic carbocycles. The lowest BCUT2D eigenvalue weighted by atomic mass is 10.1. The Morgan fingerprint density at radius 3 is 2.64 bits per heavy atom. The van der Waals surface area contributed by atoms with E-state index in [1.54, 1.807) is 18.2 Å². The maximum absolute atomic E-state index is 13.2. The number of alkyl halides is 3. The molecule has 5 rings (SSSR count). The van der Waals surface area contributed by atoms with Crippen LogP contribution in [0, 0.1) is 6.92 Å². The molecule has 0 unspecified atom stereocenters. The molecule has 2 aromatic heterocycles. The Bertz CT molecular complexity index is 1500. The third-order valence-electron chi connectivity index (χ3n) is 6.07. The van der Waals surface area contributed by atoms with Crippen molar-refractivity contribution in [3.63, 3.8) is 0 Å². The van der Waals surface area contributed by atoms with Crippen LogP contribution >= 0.6 is 0 Å². The van der Waals surface area contributed by atoms with E-state index in [2.05, 4.69) is 15.0 Å². The Hall–Kier alpha value is -4.21. The number of aromatic nitrogens is 4. The molecule has 1 amide bonds. The second-order valence-corrected chi connectivity index (χ2v) is 8.69. The maximum atomic E-state index is 13.2. The summed E-state index contributed by atoms with van der Waals surface area (Å²) in [6.07, 6.45) is 0.593. The number of benzene rings is 2. The van der Waals surface area contributed by atoms with Crippen LogP contribution in [-0.4, -0.2) is 25.2 Å². The van der Waals surface area contributed by atoms with Crippen LogP contribution in [0.3, 0.4) is 0 Å². The van der Waals surface area contributed by atoms with Crippen LogP contribution in [0.1, 0.15) is 40.4 Å². The van der Waals surface area contributed by atoms with Crippen molar-refractivity contribution in [2.45, 2.75) is 38.9 Å². The van der Waals surface area contributed by atoms with Crippen LogP contribution in [0.25, 0.3) is 16.9 Å². The molecule has 36 heavy (non-hydrogen) atoms. The number of rotatable bonds is 4. The predicted molar refractivity (Wildman–Crippen MR) is 128 cm³/mol. The van der Waals surface area contributed by atoms with Crippen molar-refractivity contribution in [2.24, 2.45) is 0 Å². The van der Waals surface area contributed by atoms with Gasteiger partial charge in [-0.15, -0.1) is 0 Å². The number of aryl methyl sites for hydroxylation is 3. The summed E-state index contributed by atoms with van der Waals surface area (Å²) in [7, 11) is 0. The van der Waals surface area contributed by atoms with Crippen LogP contribution in [-0.2, 0) is 19.1 Å². The highest BCUT2D eigenvalue weighted by Crippen LogP contribution is 2.30. The number of anilines is 1. The number of fused-ring (bicyclic) bond motifs is 1. The first-order valence-electron chi connectivity index (χ1n) is 11.5. The monoisotopic (exact) mass is 493 g/mol. The Labute approximate surface area is 204 Å². The molecule has 1 aliphatic heterocycles. The number of carbonyl (C=O) groups is 1. The van der Waals surface area contributed by atoms with Gasteiger partial charge < -0.3 is 9.88 Å². The Balaban J connectivity index is 1.43. The molecule has 0 saturated heterocycles. The summed E-state index contributed by atoms with van der Waals surface area (Å²) in [5.41, 5.74) is 0.506. The van der Waals surface area contributed by atoms with Gasteiger partial charge in [0.05, 0.1) is 16.9 Å². The molecule has 10 heteroatoms. The lowest BCUT2D eigenvalue weighted by Crippen LogP contribution is -2.27. The zero-order valence-electron chi connectivity index (χ0n) is 19.3. The van der Waals surface area contributed by atoms with Crippen molar-refractivity contribution in [1.82, 2.24) is 19.3 Å². The number of hydrogen-bond acceptors (Lipinski definition) is 4. The first-order chi connectivity index (χ1) is 17.2. The lowest BCUT2D eigenvalue weighted by molar-refractivity contribution is -0.137. The highest BCUT2D eigenvalue weighted by Gasteiger charge is 2.30. The Kier molecular flexibility index (Phi) is 5.95. The summed E-state index contributed by atoms with van der Waals surface area (Å²) in [6.45, 7) is 2.46. The fourth-order valence-electron chi connectivity index (χ4n) is 4.28. The minimum atomic E-state index is -4.54. The van der Waals surface area contributed by atoms with E-state index in [9.17, 15) is 22.8 Å². The number of hydrogen-bond donors (Lipinski definition) is 1. The third kappa shape index (κ3) is 4.66. The minimum absolute atomic E-state index is 0.0853. The zero-order chi connectivity index (χ0) is 25.4. The van der Waals surface area contributed by atoms with Gasteiger partial charge in [0.25, 0.3) is 5.91 Å². The van der Waals surface area contributed by atoms with E-state index < -0.39 is 28.8 Å². The molecular weight excluding hydrogens is 471 g/mol. The molecule has 4 aromatic rings. The standard InChI is InChI=1S/C26H22F3N5O2/c1-16-12-22(35)24(32-34(16)20-9-5-7-18(14-20)26(27,28)29)25(36)30-19-8-4-6-17(13-19)21-15-33-11-3-2-10-23(33)31-21/h4-9,12-15H,2-3,10-11H2,1H3,(H,30,36). The molecule has 0 bridgehead atoms. The fraction of sp³-hybridized carbons (Fsp3) is 0.231. The molecule has 184 valence electrons. The summed E-state index contributed by atoms with van der Waals surface area (Å²) < 4.78 is 42.8. The number of carbonyl (C=O) groups excluding carboxylic acids is 1. The van der Waals surface area contributed by atoms with Crippen LogP contribution in [0.15, 0.2) is 65.6 Å². The van der Waals surface area contributed by atoms with Gasteiger partial charge in [-0.1, -0.05) is 18.2 Å². The van der Waals surface area contributed by atoms with Crippen molar-refractivity contribution in [1.29, 1.82) is 0 Å². The Morgan fingerprint density at radius 2 is 1.86 bits per heavy atom. The van der Waals surface area contributed by atoms with Crippen molar-refractivity contribution in [3.8, 4) is 16.9 Å². The van der Waals surface area contributed by atoms with Gasteiger partial charge in [-0.3, -0.25) is 9.59 Å². The van der Waals surface area contributed by atoms with Crippen LogP contribution in [0.2, 0.25) is 0 Å². The molecular formula is C26H22F3N5O2. The fourth-order valence-corrected chi connectivity index (χ4v) is 4.28. The molecule has 0 aliphatic carbocycles. The third-order valence-corrected chi connectivity index (χ3v) is 6.07. The highest BCUT2D eigenvalue weighted by atomic mass is 19.4. The van der Waals surface area contributed by atoms with E-state index in [0.717, 1.165) is 59.7 Å². The van der Waals surface area contributed by atoms with E-state index in [1.165, 1.54) is 25.1 Å². The van der Waals surface area contributed by atoms with Gasteiger partial charge in [0.2, 0.25) is 5.43 Å². The first-order valence-corrected chi connectivity index (χ1v) is 11.5. The van der Waals surface area contributed by atoms with Gasteiger partial charge in [0.1, 0.15) is 5.82 Å². The van der Waals surface area contributed by atoms with Gasteiger partial charge in [-0.05, 0) is 50.1 Å². The molecule has 1 N–H and O–H groups in total. The Morgan fingerprint density at radius 1 is 1.06 bits per heavy atom. The zero-order valence-corrected chi connectivity index (χ0v) is 19.3. The number of halogens is 3. The SMILES string of the molecule is Cc1cc(=O)c(C(=O)Nc2cccc(-c3cn4c(n3)CCCC4)c2)nn1-c1cccc(C(F)(F)F)c1. The van der Waals surface area contributed by atoms with Gasteiger partial charge in [-0.25, -0.2) is 9.67 Å². The average Bonchev–Trinajstić information content (AvgIpc) is 3.28. The van der Waals surface area contributed by atoms with Gasteiger partial charge >= 0.3 is 6.18 Å². The molecule has 0 spiro atoms. The number of nitrogens with zero attached hydrogens (tertiary/aromatic N) is 4. The molecule has 0 fully saturated rings. The van der Waals surface area contributed by atoms with E-state index in [0.29, 0.717) is 11.4 Å². The minimum Gasteiger partial charge on any atom is -0.334 e. The van der Waals surface area contributed by atoms with E-state index in [4.69, 9.17) is 4.98 Å². The second kappa shape index (κ2) is 9.10. The maximum Gasteiger partial charge on any atom is 0.416 e. The summed E-state index contributed by atoms with van der Waals surface area (Å²) in [4.78, 5) is 30.2. The topological polar surface area (TPSA) is 81.8 Å². The largest absolute Gasteiger partial charge is 0.416 e. The van der Waals surface area contributed by atoms with Crippen molar-refractivity contribution in [3.05, 3.63) is 93.8 Å². The van der Waals surface area contributed by atoms with Gasteiger partial charge in [-0.2, -0.15) is 18.3 Å². The van der Waals surface area contributed by atoms with E-state index in [1.807, 2.05) is 12.3 Å². The summed E-state index contributed by atoms with van der Waals surface area (Å²) in [5, 5.41) is 6.77. The molecule has 3 heterocycles. The van der Waals surface area contributed by atoms with E-state index in [-0.39, 0.29) is 5.69 Å². The summed E-state index contributed by atoms with van der Waals surface area (Å²) in [6, 6.07) is 12.8. The summed E-state index contributed by atoms with van der Waals surface area (Å²) >= 11 is 0. The van der Waals surface area contributed by atoms with Crippen LogP contribution in [0.4, 0.5) is 18.9 Å². The van der Waals surface area contributed by atoms with Crippen molar-refractivity contribution < 1.29 is 18.0 Å². The number of amides is 1. The van der Waals surface area contributed by atoms with Gasteiger partial charge in [0, 0.05) is 42.2 Å². The van der Waals surface area contributed by atoms with E-state index >= 15 is 0 Å². The quantitative estimate of drug-likeness (QED) is 0.433. The molecule has 0 radical (unpaired) electrons. The van der Waals surface area contributed by atoms with Crippen molar-refractivity contribution in [2.75, 3.05) is 5.32 Å².